The molecule has 0 aromatic rings. The van der Waals surface area contributed by atoms with Gasteiger partial charge in [0.05, 0.1) is 18.6 Å². The van der Waals surface area contributed by atoms with Crippen molar-refractivity contribution in [2.45, 2.75) is 19.8 Å². The minimum Gasteiger partial charge on any atom is -0.466 e. The summed E-state index contributed by atoms with van der Waals surface area (Å²) in [5, 5.41) is 8.30. The third-order valence-electron chi connectivity index (χ3n) is 1.87. The highest BCUT2D eigenvalue weighted by Gasteiger charge is 2.43. The lowest BCUT2D eigenvalue weighted by Gasteiger charge is -1.97. The Morgan fingerprint density at radius 3 is 3.09 bits per heavy atom. The standard InChI is InChI=1S/C8H11NO2/c1-2-11-8(10)7-5-6(7)3-4-9/h6-7H,2-3,5H2,1H3/t6-,7-/m1/s1. The molecule has 0 heterocycles. The summed E-state index contributed by atoms with van der Waals surface area (Å²) in [6, 6.07) is 2.05. The van der Waals surface area contributed by atoms with E-state index in [1.165, 1.54) is 0 Å². The first-order valence-electron chi connectivity index (χ1n) is 3.83. The monoisotopic (exact) mass is 153 g/mol. The summed E-state index contributed by atoms with van der Waals surface area (Å²) < 4.78 is 4.79. The maximum absolute atomic E-state index is 11.0. The largest absolute Gasteiger partial charge is 0.466 e. The number of esters is 1. The molecule has 0 saturated heterocycles. The molecular weight excluding hydrogens is 142 g/mol. The summed E-state index contributed by atoms with van der Waals surface area (Å²) in [5.41, 5.74) is 0. The van der Waals surface area contributed by atoms with Gasteiger partial charge in [-0.05, 0) is 19.3 Å². The normalized spacial score (nSPS) is 27.3. The predicted octanol–water partition coefficient (Wildman–Crippen LogP) is 1.10. The van der Waals surface area contributed by atoms with Crippen LogP contribution in [0.4, 0.5) is 0 Å². The first-order valence-corrected chi connectivity index (χ1v) is 3.83. The van der Waals surface area contributed by atoms with E-state index in [4.69, 9.17) is 10.00 Å². The van der Waals surface area contributed by atoms with E-state index in [2.05, 4.69) is 0 Å². The molecule has 1 saturated carbocycles. The number of hydrogen-bond acceptors (Lipinski definition) is 3. The highest BCUT2D eigenvalue weighted by molar-refractivity contribution is 5.75. The minimum absolute atomic E-state index is 0.0228. The van der Waals surface area contributed by atoms with Gasteiger partial charge in [-0.1, -0.05) is 0 Å². The van der Waals surface area contributed by atoms with Crippen molar-refractivity contribution >= 4 is 5.97 Å². The Balaban J connectivity index is 2.22. The Kier molecular flexibility index (Phi) is 2.48. The van der Waals surface area contributed by atoms with Crippen LogP contribution in [0.15, 0.2) is 0 Å². The second-order valence-corrected chi connectivity index (χ2v) is 2.72. The molecular formula is C8H11NO2. The summed E-state index contributed by atoms with van der Waals surface area (Å²) in [6.45, 7) is 2.23. The van der Waals surface area contributed by atoms with Crippen molar-refractivity contribution in [3.63, 3.8) is 0 Å². The highest BCUT2D eigenvalue weighted by atomic mass is 16.5. The summed E-state index contributed by atoms with van der Waals surface area (Å²) >= 11 is 0. The molecule has 0 radical (unpaired) electrons. The van der Waals surface area contributed by atoms with Crippen LogP contribution in [-0.2, 0) is 9.53 Å². The van der Waals surface area contributed by atoms with E-state index < -0.39 is 0 Å². The SMILES string of the molecule is CCOC(=O)[C@@H]1C[C@H]1CC#N. The van der Waals surface area contributed by atoms with E-state index in [0.29, 0.717) is 13.0 Å². The van der Waals surface area contributed by atoms with E-state index in [-0.39, 0.29) is 17.8 Å². The predicted molar refractivity (Wildman–Crippen MR) is 38.5 cm³/mol. The molecule has 0 amide bonds. The number of nitriles is 1. The van der Waals surface area contributed by atoms with Crippen LogP contribution >= 0.6 is 0 Å². The first kappa shape index (κ1) is 8.06. The molecule has 2 atom stereocenters. The number of carbonyl (C=O) groups is 1. The molecule has 1 aliphatic rings. The van der Waals surface area contributed by atoms with Crippen LogP contribution in [0.2, 0.25) is 0 Å². The molecule has 0 unspecified atom stereocenters. The summed E-state index contributed by atoms with van der Waals surface area (Å²) in [4.78, 5) is 11.0. The number of nitrogens with zero attached hydrogens (tertiary/aromatic N) is 1. The molecule has 3 heteroatoms. The van der Waals surface area contributed by atoms with E-state index in [1.54, 1.807) is 6.92 Å². The van der Waals surface area contributed by atoms with Gasteiger partial charge in [0.1, 0.15) is 0 Å². The number of ether oxygens (including phenoxy) is 1. The smallest absolute Gasteiger partial charge is 0.309 e. The molecule has 0 bridgehead atoms. The van der Waals surface area contributed by atoms with Crippen LogP contribution in [0.1, 0.15) is 19.8 Å². The number of carbonyl (C=O) groups excluding carboxylic acids is 1. The van der Waals surface area contributed by atoms with Crippen LogP contribution in [0.25, 0.3) is 0 Å². The van der Waals surface area contributed by atoms with E-state index in [1.807, 2.05) is 6.07 Å². The van der Waals surface area contributed by atoms with Crippen LogP contribution in [0, 0.1) is 23.2 Å². The maximum Gasteiger partial charge on any atom is 0.309 e. The summed E-state index contributed by atoms with van der Waals surface area (Å²) in [6.07, 6.45) is 1.33. The summed E-state index contributed by atoms with van der Waals surface area (Å²) in [7, 11) is 0. The van der Waals surface area contributed by atoms with Crippen molar-refractivity contribution < 1.29 is 9.53 Å². The molecule has 1 rings (SSSR count). The Labute approximate surface area is 66.0 Å². The fourth-order valence-corrected chi connectivity index (χ4v) is 1.13. The van der Waals surface area contributed by atoms with Crippen LogP contribution in [0.5, 0.6) is 0 Å². The quantitative estimate of drug-likeness (QED) is 0.570. The Morgan fingerprint density at radius 2 is 2.55 bits per heavy atom. The first-order chi connectivity index (χ1) is 5.29. The van der Waals surface area contributed by atoms with Gasteiger partial charge in [0.2, 0.25) is 0 Å². The second-order valence-electron chi connectivity index (χ2n) is 2.72. The van der Waals surface area contributed by atoms with Gasteiger partial charge in [-0.2, -0.15) is 5.26 Å². The van der Waals surface area contributed by atoms with Crippen LogP contribution < -0.4 is 0 Å². The van der Waals surface area contributed by atoms with Crippen LogP contribution in [0.3, 0.4) is 0 Å². The fourth-order valence-electron chi connectivity index (χ4n) is 1.13. The highest BCUT2D eigenvalue weighted by Crippen LogP contribution is 2.41. The average Bonchev–Trinajstić information content (AvgIpc) is 2.69. The molecule has 1 aliphatic carbocycles. The van der Waals surface area contributed by atoms with Gasteiger partial charge in [-0.25, -0.2) is 0 Å². The lowest BCUT2D eigenvalue weighted by Crippen LogP contribution is -2.07. The van der Waals surface area contributed by atoms with E-state index in [0.717, 1.165) is 6.42 Å². The van der Waals surface area contributed by atoms with Crippen LogP contribution in [-0.4, -0.2) is 12.6 Å². The van der Waals surface area contributed by atoms with Crippen molar-refractivity contribution in [2.24, 2.45) is 11.8 Å². The van der Waals surface area contributed by atoms with Gasteiger partial charge in [-0.3, -0.25) is 4.79 Å². The molecule has 3 nitrogen and oxygen atoms in total. The molecule has 0 aliphatic heterocycles. The summed E-state index contributed by atoms with van der Waals surface area (Å²) in [5.74, 6) is 0.168. The second kappa shape index (κ2) is 3.38. The number of hydrogen-bond donors (Lipinski definition) is 0. The van der Waals surface area contributed by atoms with Gasteiger partial charge in [0.25, 0.3) is 0 Å². The lowest BCUT2D eigenvalue weighted by atomic mass is 10.2. The molecule has 0 aromatic heterocycles. The number of rotatable bonds is 3. The van der Waals surface area contributed by atoms with Crippen molar-refractivity contribution in [3.05, 3.63) is 0 Å². The third-order valence-corrected chi connectivity index (χ3v) is 1.87. The Hall–Kier alpha value is -1.04. The third kappa shape index (κ3) is 1.94. The van der Waals surface area contributed by atoms with Gasteiger partial charge in [-0.15, -0.1) is 0 Å². The van der Waals surface area contributed by atoms with Crippen molar-refractivity contribution in [3.8, 4) is 6.07 Å². The fraction of sp³-hybridized carbons (Fsp3) is 0.750. The Morgan fingerprint density at radius 1 is 1.82 bits per heavy atom. The topological polar surface area (TPSA) is 50.1 Å². The van der Waals surface area contributed by atoms with Gasteiger partial charge >= 0.3 is 5.97 Å². The van der Waals surface area contributed by atoms with E-state index >= 15 is 0 Å². The van der Waals surface area contributed by atoms with Gasteiger partial charge in [0.15, 0.2) is 0 Å². The molecule has 0 aromatic carbocycles. The molecule has 0 N–H and O–H groups in total. The van der Waals surface area contributed by atoms with Crippen molar-refractivity contribution in [2.75, 3.05) is 6.61 Å². The average molecular weight is 153 g/mol. The molecule has 60 valence electrons. The maximum atomic E-state index is 11.0. The Bertz CT molecular complexity index is 195. The van der Waals surface area contributed by atoms with Crippen molar-refractivity contribution in [1.82, 2.24) is 0 Å². The zero-order valence-corrected chi connectivity index (χ0v) is 6.54. The van der Waals surface area contributed by atoms with Crippen molar-refractivity contribution in [1.29, 1.82) is 5.26 Å². The zero-order valence-electron chi connectivity index (χ0n) is 6.54. The van der Waals surface area contributed by atoms with E-state index in [9.17, 15) is 4.79 Å². The van der Waals surface area contributed by atoms with Gasteiger partial charge < -0.3 is 4.74 Å². The molecule has 0 spiro atoms. The zero-order chi connectivity index (χ0) is 8.27. The van der Waals surface area contributed by atoms with Gasteiger partial charge in [0, 0.05) is 6.42 Å². The molecule has 1 fully saturated rings. The lowest BCUT2D eigenvalue weighted by molar-refractivity contribution is -0.145. The minimum atomic E-state index is -0.132. The molecule has 11 heavy (non-hydrogen) atoms.